The van der Waals surface area contributed by atoms with Crippen LogP contribution in [0, 0.1) is 0 Å². The Morgan fingerprint density at radius 3 is 2.38 bits per heavy atom. The van der Waals surface area contributed by atoms with Gasteiger partial charge in [0.05, 0.1) is 41.1 Å². The van der Waals surface area contributed by atoms with Gasteiger partial charge in [-0.3, -0.25) is 4.57 Å². The van der Waals surface area contributed by atoms with E-state index in [4.69, 9.17) is 32.9 Å². The molecule has 4 aromatic rings. The highest BCUT2D eigenvalue weighted by molar-refractivity contribution is 9.10. The molecule has 0 radical (unpaired) electrons. The molecule has 0 aliphatic rings. The van der Waals surface area contributed by atoms with Crippen molar-refractivity contribution < 1.29 is 32.6 Å². The maximum absolute atomic E-state index is 12.5. The van der Waals surface area contributed by atoms with Crippen molar-refractivity contribution in [2.75, 3.05) is 12.0 Å². The van der Waals surface area contributed by atoms with Crippen LogP contribution in [0.4, 0.5) is 19.9 Å². The molecule has 0 saturated heterocycles. The first-order valence-electron chi connectivity index (χ1n) is 11.0. The lowest BCUT2D eigenvalue weighted by atomic mass is 10.1. The molecule has 0 atom stereocenters. The lowest BCUT2D eigenvalue weighted by Crippen LogP contribution is -2.16. The maximum atomic E-state index is 12.5. The Labute approximate surface area is 244 Å². The molecule has 3 aromatic carbocycles. The number of carbonyl (C=O) groups excluding carboxylic acids is 1. The highest BCUT2D eigenvalue weighted by Gasteiger charge is 2.29. The van der Waals surface area contributed by atoms with Crippen molar-refractivity contribution in [2.45, 2.75) is 12.7 Å². The molecular weight excluding hydrogens is 660 g/mol. The summed E-state index contributed by atoms with van der Waals surface area (Å²) in [4.78, 5) is 18.5. The number of nitrogens with zero attached hydrogens (tertiary/aromatic N) is 2. The van der Waals surface area contributed by atoms with Crippen molar-refractivity contribution in [3.63, 3.8) is 0 Å². The molecule has 0 amide bonds. The Morgan fingerprint density at radius 1 is 1.05 bits per heavy atom. The fourth-order valence-corrected chi connectivity index (χ4v) is 6.35. The predicted octanol–water partition coefficient (Wildman–Crippen LogP) is 9.50. The van der Waals surface area contributed by atoms with E-state index < -0.39 is 19.7 Å². The average Bonchev–Trinajstić information content (AvgIpc) is 3.44. The number of hydrogen-bond donors (Lipinski definition) is 0. The molecule has 39 heavy (non-hydrogen) atoms. The normalized spacial score (nSPS) is 11.4. The SMILES string of the molecule is COC(=O)c1ccc(-c2csc(N(Cc3ccc(CP(=O)(OF)OF)c(Br)c3)c3ccc(Cl)c(Cl)c3)n2)cc1. The van der Waals surface area contributed by atoms with E-state index in [0.717, 1.165) is 11.1 Å². The van der Waals surface area contributed by atoms with Gasteiger partial charge in [-0.25, -0.2) is 9.78 Å². The van der Waals surface area contributed by atoms with E-state index in [1.54, 1.807) is 60.7 Å². The number of rotatable bonds is 10. The fraction of sp³-hybridized carbons (Fsp3) is 0.120. The zero-order chi connectivity index (χ0) is 28.2. The second kappa shape index (κ2) is 12.9. The number of thiazole rings is 1. The first kappa shape index (κ1) is 29.6. The number of hydrogen-bond acceptors (Lipinski definition) is 8. The molecular formula is C25H18BrCl2F2N2O5PS. The minimum atomic E-state index is -4.55. The van der Waals surface area contributed by atoms with Crippen LogP contribution < -0.4 is 4.90 Å². The third kappa shape index (κ3) is 7.05. The summed E-state index contributed by atoms with van der Waals surface area (Å²) >= 11 is 17.2. The number of methoxy groups -OCH3 is 1. The van der Waals surface area contributed by atoms with Gasteiger partial charge >= 0.3 is 13.6 Å². The van der Waals surface area contributed by atoms with E-state index >= 15 is 0 Å². The number of benzene rings is 3. The van der Waals surface area contributed by atoms with Crippen LogP contribution in [0.1, 0.15) is 21.5 Å². The van der Waals surface area contributed by atoms with E-state index in [0.29, 0.717) is 48.7 Å². The van der Waals surface area contributed by atoms with Gasteiger partial charge in [0.15, 0.2) is 5.13 Å². The summed E-state index contributed by atoms with van der Waals surface area (Å²) in [5, 5.41) is 3.28. The molecule has 0 N–H and O–H groups in total. The van der Waals surface area contributed by atoms with E-state index in [9.17, 15) is 18.4 Å². The molecule has 7 nitrogen and oxygen atoms in total. The Balaban J connectivity index is 1.66. The maximum Gasteiger partial charge on any atom is 0.399 e. The molecule has 204 valence electrons. The van der Waals surface area contributed by atoms with Crippen LogP contribution in [-0.4, -0.2) is 18.1 Å². The van der Waals surface area contributed by atoms with Crippen LogP contribution in [0.5, 0.6) is 0 Å². The van der Waals surface area contributed by atoms with Gasteiger partial charge in [0.1, 0.15) is 0 Å². The lowest BCUT2D eigenvalue weighted by molar-refractivity contribution is -0.0881. The van der Waals surface area contributed by atoms with Gasteiger partial charge in [0.25, 0.3) is 0 Å². The molecule has 0 unspecified atom stereocenters. The zero-order valence-electron chi connectivity index (χ0n) is 19.9. The Kier molecular flexibility index (Phi) is 9.77. The third-order valence-corrected chi connectivity index (χ3v) is 9.06. The molecule has 0 aliphatic heterocycles. The molecule has 0 fully saturated rings. The van der Waals surface area contributed by atoms with Crippen molar-refractivity contribution >= 4 is 74.9 Å². The van der Waals surface area contributed by atoms with Gasteiger partial charge in [-0.1, -0.05) is 63.4 Å². The lowest BCUT2D eigenvalue weighted by Gasteiger charge is -2.23. The van der Waals surface area contributed by atoms with Gasteiger partial charge in [-0.05, 0) is 56.6 Å². The highest BCUT2D eigenvalue weighted by atomic mass is 79.9. The van der Waals surface area contributed by atoms with Crippen LogP contribution in [0.15, 0.2) is 70.5 Å². The summed E-state index contributed by atoms with van der Waals surface area (Å²) in [7, 11) is -3.23. The predicted molar refractivity (Wildman–Crippen MR) is 151 cm³/mol. The number of aromatic nitrogens is 1. The third-order valence-electron chi connectivity index (χ3n) is 5.57. The molecule has 0 bridgehead atoms. The van der Waals surface area contributed by atoms with Crippen LogP contribution in [-0.2, 0) is 31.5 Å². The second-order valence-corrected chi connectivity index (χ2v) is 12.4. The Hall–Kier alpha value is -2.37. The molecule has 4 rings (SSSR count). The van der Waals surface area contributed by atoms with Crippen molar-refractivity contribution in [1.29, 1.82) is 0 Å². The molecule has 14 heteroatoms. The van der Waals surface area contributed by atoms with Crippen LogP contribution >= 0.6 is 58.1 Å². The van der Waals surface area contributed by atoms with E-state index in [1.165, 1.54) is 18.4 Å². The van der Waals surface area contributed by atoms with Gasteiger partial charge in [-0.15, -0.1) is 20.8 Å². The summed E-state index contributed by atoms with van der Waals surface area (Å²) in [5.74, 6) is -0.430. The van der Waals surface area contributed by atoms with Crippen LogP contribution in [0.2, 0.25) is 10.0 Å². The van der Waals surface area contributed by atoms with Crippen LogP contribution in [0.25, 0.3) is 11.3 Å². The first-order chi connectivity index (χ1) is 18.7. The van der Waals surface area contributed by atoms with Gasteiger partial charge in [0.2, 0.25) is 0 Å². The summed E-state index contributed by atoms with van der Waals surface area (Å²) in [6.45, 7) is 0.321. The number of esters is 1. The standard InChI is InChI=1S/C25H18BrCl2F2N2O5PS/c1-35-24(33)17-6-4-16(5-7-17)23-14-39-25(31-23)32(19-8-9-21(27)22(28)11-19)12-15-2-3-18(20(26)10-15)13-38(34,36-29)37-30/h2-11,14H,12-13H2,1H3. The van der Waals surface area contributed by atoms with Crippen molar-refractivity contribution in [3.8, 4) is 11.3 Å². The molecule has 0 saturated carbocycles. The average molecular weight is 678 g/mol. The fourth-order valence-electron chi connectivity index (χ4n) is 3.61. The molecule has 0 aliphatic carbocycles. The molecule has 1 heterocycles. The van der Waals surface area contributed by atoms with Crippen molar-refractivity contribution in [2.24, 2.45) is 0 Å². The largest absolute Gasteiger partial charge is 0.465 e. The summed E-state index contributed by atoms with van der Waals surface area (Å²) in [6, 6.07) is 17.1. The van der Waals surface area contributed by atoms with Gasteiger partial charge in [-0.2, -0.15) is 0 Å². The number of halogens is 5. The summed E-state index contributed by atoms with van der Waals surface area (Å²) in [5.41, 5.74) is 3.75. The van der Waals surface area contributed by atoms with Gasteiger partial charge in [0, 0.05) is 21.1 Å². The number of carbonyl (C=O) groups is 1. The van der Waals surface area contributed by atoms with Crippen molar-refractivity contribution in [3.05, 3.63) is 97.3 Å². The summed E-state index contributed by atoms with van der Waals surface area (Å²) < 4.78 is 48.6. The van der Waals surface area contributed by atoms with Gasteiger partial charge < -0.3 is 9.64 Å². The number of anilines is 2. The monoisotopic (exact) mass is 676 g/mol. The smallest absolute Gasteiger partial charge is 0.399 e. The minimum Gasteiger partial charge on any atom is -0.465 e. The number of ether oxygens (including phenoxy) is 1. The second-order valence-electron chi connectivity index (χ2n) is 8.10. The molecule has 0 spiro atoms. The Bertz CT molecular complexity index is 1540. The van der Waals surface area contributed by atoms with Crippen molar-refractivity contribution in [1.82, 2.24) is 4.98 Å². The van der Waals surface area contributed by atoms with E-state index in [1.807, 2.05) is 10.3 Å². The molecule has 1 aromatic heterocycles. The topological polar surface area (TPSA) is 78.0 Å². The zero-order valence-corrected chi connectivity index (χ0v) is 24.8. The van der Waals surface area contributed by atoms with Crippen LogP contribution in [0.3, 0.4) is 0 Å². The van der Waals surface area contributed by atoms with E-state index in [-0.39, 0.29) is 0 Å². The Morgan fingerprint density at radius 2 is 1.77 bits per heavy atom. The summed E-state index contributed by atoms with van der Waals surface area (Å²) in [6.07, 6.45) is -0.609. The quantitative estimate of drug-likeness (QED) is 0.122. The first-order valence-corrected chi connectivity index (χ1v) is 15.2. The van der Waals surface area contributed by atoms with E-state index in [2.05, 4.69) is 25.4 Å². The minimum absolute atomic E-state index is 0.321. The highest BCUT2D eigenvalue weighted by Crippen LogP contribution is 2.53.